The normalized spacial score (nSPS) is 22.5. The second-order valence-corrected chi connectivity index (χ2v) is 16.8. The zero-order valence-electron chi connectivity index (χ0n) is 37.6. The molecule has 1 fully saturated rings. The number of nitrogens with zero attached hydrogens (tertiary/aromatic N) is 2. The lowest BCUT2D eigenvalue weighted by atomic mass is 9.55. The van der Waals surface area contributed by atoms with Crippen LogP contribution in [0.3, 0.4) is 0 Å². The Balaban J connectivity index is 1.38. The number of ether oxygens (including phenoxy) is 5. The van der Waals surface area contributed by atoms with Crippen LogP contribution in [0.15, 0.2) is 120 Å². The number of rotatable bonds is 22. The molecule has 0 bridgehead atoms. The van der Waals surface area contributed by atoms with Crippen molar-refractivity contribution in [3.8, 4) is 11.5 Å². The molecule has 0 spiro atoms. The summed E-state index contributed by atoms with van der Waals surface area (Å²) < 4.78 is 32.4. The van der Waals surface area contributed by atoms with Gasteiger partial charge in [-0.25, -0.2) is 9.59 Å². The zero-order valence-corrected chi connectivity index (χ0v) is 37.6. The summed E-state index contributed by atoms with van der Waals surface area (Å²) in [6, 6.07) is 28.5. The van der Waals surface area contributed by atoms with Crippen LogP contribution in [0.4, 0.5) is 9.59 Å². The van der Waals surface area contributed by atoms with Crippen LogP contribution in [0.2, 0.25) is 0 Å². The second kappa shape index (κ2) is 22.9. The predicted octanol–water partition coefficient (Wildman–Crippen LogP) is 9.07. The third-order valence-corrected chi connectivity index (χ3v) is 12.8. The van der Waals surface area contributed by atoms with Gasteiger partial charge in [-0.05, 0) is 90.1 Å². The van der Waals surface area contributed by atoms with Gasteiger partial charge < -0.3 is 44.1 Å². The number of carbonyl (C=O) groups excluding carboxylic acids is 2. The van der Waals surface area contributed by atoms with Crippen LogP contribution in [0.25, 0.3) is 10.8 Å². The molecule has 7 rings (SSSR count). The van der Waals surface area contributed by atoms with Crippen molar-refractivity contribution in [2.24, 2.45) is 22.9 Å². The molecule has 3 N–H and O–H groups in total. The topological polar surface area (TPSA) is 158 Å². The molecule has 13 heteroatoms. The van der Waals surface area contributed by atoms with Gasteiger partial charge in [-0.1, -0.05) is 103 Å². The molecule has 1 saturated carbocycles. The van der Waals surface area contributed by atoms with Crippen molar-refractivity contribution in [3.63, 3.8) is 0 Å². The summed E-state index contributed by atoms with van der Waals surface area (Å²) in [6.07, 6.45) is 7.36. The minimum absolute atomic E-state index is 0.00168. The van der Waals surface area contributed by atoms with Gasteiger partial charge in [0.05, 0.1) is 38.0 Å². The van der Waals surface area contributed by atoms with Gasteiger partial charge in [0.25, 0.3) is 0 Å². The van der Waals surface area contributed by atoms with Crippen molar-refractivity contribution in [1.29, 1.82) is 0 Å². The van der Waals surface area contributed by atoms with Gasteiger partial charge in [-0.2, -0.15) is 0 Å². The number of amides is 2. The Hall–Kier alpha value is -5.73. The molecule has 13 nitrogen and oxygen atoms in total. The molecule has 65 heavy (non-hydrogen) atoms. The van der Waals surface area contributed by atoms with Gasteiger partial charge >= 0.3 is 12.2 Å². The van der Waals surface area contributed by atoms with Crippen LogP contribution < -0.4 is 14.8 Å². The molecular weight excluding hydrogens is 827 g/mol. The van der Waals surface area contributed by atoms with E-state index in [1.54, 1.807) is 17.0 Å². The van der Waals surface area contributed by atoms with E-state index in [4.69, 9.17) is 33.7 Å². The fourth-order valence-corrected chi connectivity index (χ4v) is 10.1. The first-order valence-electron chi connectivity index (χ1n) is 22.9. The predicted molar refractivity (Wildman–Crippen MR) is 249 cm³/mol. The average Bonchev–Trinajstić information content (AvgIpc) is 3.32. The Bertz CT molecular complexity index is 2280. The zero-order chi connectivity index (χ0) is 45.6. The average molecular weight is 890 g/mol. The van der Waals surface area contributed by atoms with Gasteiger partial charge in [0.1, 0.15) is 31.3 Å². The van der Waals surface area contributed by atoms with Gasteiger partial charge in [0.2, 0.25) is 5.79 Å². The fraction of sp³-hybridized carbons (Fsp3) is 0.442. The maximum atomic E-state index is 15.0. The van der Waals surface area contributed by atoms with E-state index in [1.165, 1.54) is 7.11 Å². The maximum Gasteiger partial charge on any atom is 0.412 e. The van der Waals surface area contributed by atoms with Crippen molar-refractivity contribution in [3.05, 3.63) is 132 Å². The Kier molecular flexibility index (Phi) is 16.7. The third-order valence-electron chi connectivity index (χ3n) is 12.8. The van der Waals surface area contributed by atoms with Crippen molar-refractivity contribution in [2.45, 2.75) is 82.8 Å². The first-order chi connectivity index (χ1) is 31.8. The van der Waals surface area contributed by atoms with Crippen LogP contribution >= 0.6 is 0 Å². The summed E-state index contributed by atoms with van der Waals surface area (Å²) in [7, 11) is 1.52. The third kappa shape index (κ3) is 10.9. The molecule has 346 valence electrons. The second-order valence-electron chi connectivity index (χ2n) is 16.8. The number of aliphatic hydroxyl groups is 2. The number of hydrogen-bond donors (Lipinski definition) is 3. The summed E-state index contributed by atoms with van der Waals surface area (Å²) in [5, 5.41) is 29.3. The van der Waals surface area contributed by atoms with E-state index in [9.17, 15) is 15.0 Å². The number of carbonyl (C=O) groups is 2. The molecule has 4 aromatic rings. The number of nitrogens with one attached hydrogen (secondary N) is 1. The van der Waals surface area contributed by atoms with E-state index >= 15 is 4.79 Å². The lowest BCUT2D eigenvalue weighted by molar-refractivity contribution is -0.256. The van der Waals surface area contributed by atoms with Gasteiger partial charge in [0, 0.05) is 37.7 Å². The summed E-state index contributed by atoms with van der Waals surface area (Å²) in [5.74, 6) is -1.51. The van der Waals surface area contributed by atoms with Gasteiger partial charge in [-0.15, -0.1) is 6.58 Å². The molecule has 3 aliphatic rings. The Morgan fingerprint density at radius 1 is 0.954 bits per heavy atom. The highest BCUT2D eigenvalue weighted by atomic mass is 16.7. The fourth-order valence-electron chi connectivity index (χ4n) is 10.1. The van der Waals surface area contributed by atoms with Crippen LogP contribution in [0, 0.1) is 17.8 Å². The first kappa shape index (κ1) is 47.2. The standard InChI is InChI=1S/C52H63N3O10/c1-4-28-63-52-47(55(34-39-21-15-20-37-18-9-10-22-41(37)39)51(59)62-30-29-61-35-36-16-7-6-8-17-36)33-45(54-60-3)43-31-38(19-11-13-26-56)42(23-12-14-27-57)48(49(43)52)44-32-40(24-25-46(44)65-52)64-50(58)53-5-2/h4,6-10,15-18,20-22,24-25,31-32,38,42,47-49,56-57H,1,5,11-14,19,23,26-30,33-35H2,2-3H3,(H,53,58). The Labute approximate surface area is 382 Å². The monoisotopic (exact) mass is 889 g/mol. The van der Waals surface area contributed by atoms with Gasteiger partial charge in [0.15, 0.2) is 0 Å². The lowest BCUT2D eigenvalue weighted by Crippen LogP contribution is -2.70. The van der Waals surface area contributed by atoms with E-state index < -0.39 is 29.9 Å². The molecule has 1 heterocycles. The summed E-state index contributed by atoms with van der Waals surface area (Å²) in [6.45, 7) is 7.20. The highest BCUT2D eigenvalue weighted by Gasteiger charge is 2.65. The molecule has 1 aliphatic heterocycles. The van der Waals surface area contributed by atoms with Crippen LogP contribution in [-0.2, 0) is 32.2 Å². The number of fused-ring (bicyclic) bond motifs is 3. The quantitative estimate of drug-likeness (QED) is 0.0395. The molecular formula is C52H63N3O10. The molecule has 6 atom stereocenters. The van der Waals surface area contributed by atoms with E-state index in [-0.39, 0.29) is 63.8 Å². The molecule has 2 amide bonds. The smallest absolute Gasteiger partial charge is 0.412 e. The van der Waals surface area contributed by atoms with Crippen molar-refractivity contribution < 1.29 is 48.3 Å². The highest BCUT2D eigenvalue weighted by Crippen LogP contribution is 2.62. The minimum atomic E-state index is -1.52. The SMILES string of the molecule is C=CCOC12Oc3ccc(OC(=O)NCC)cc3C3C(CCCCO)C(CCCCO)C=C(C(=NOC)CC1N(Cc1cccc4ccccc14)C(=O)OCCOCc1ccccc1)C32. The van der Waals surface area contributed by atoms with Crippen molar-refractivity contribution >= 4 is 28.7 Å². The van der Waals surface area contributed by atoms with Crippen molar-refractivity contribution in [1.82, 2.24) is 10.2 Å². The number of benzene rings is 4. The number of oxime groups is 1. The number of allylic oxidation sites excluding steroid dienone is 1. The highest BCUT2D eigenvalue weighted by molar-refractivity contribution is 6.03. The van der Waals surface area contributed by atoms with E-state index in [0.717, 1.165) is 58.7 Å². The number of unbranched alkanes of at least 4 members (excludes halogenated alkanes) is 2. The van der Waals surface area contributed by atoms with Gasteiger partial charge in [-0.3, -0.25) is 4.90 Å². The minimum Gasteiger partial charge on any atom is -0.459 e. The summed E-state index contributed by atoms with van der Waals surface area (Å²) >= 11 is 0. The van der Waals surface area contributed by atoms with E-state index in [1.807, 2.05) is 91.9 Å². The molecule has 2 aliphatic carbocycles. The Morgan fingerprint density at radius 2 is 1.72 bits per heavy atom. The molecule has 0 radical (unpaired) electrons. The molecule has 6 unspecified atom stereocenters. The molecule has 0 aromatic heterocycles. The van der Waals surface area contributed by atoms with Crippen LogP contribution in [0.5, 0.6) is 11.5 Å². The van der Waals surface area contributed by atoms with E-state index in [2.05, 4.69) is 18.0 Å². The molecule has 4 aromatic carbocycles. The molecule has 0 saturated heterocycles. The first-order valence-corrected chi connectivity index (χ1v) is 22.9. The number of aliphatic hydroxyl groups excluding tert-OH is 2. The largest absolute Gasteiger partial charge is 0.459 e. The van der Waals surface area contributed by atoms with Crippen LogP contribution in [0.1, 0.15) is 74.5 Å². The number of hydrogen-bond acceptors (Lipinski definition) is 11. The van der Waals surface area contributed by atoms with Crippen LogP contribution in [-0.4, -0.2) is 91.5 Å². The lowest BCUT2D eigenvalue weighted by Gasteiger charge is -2.59. The maximum absolute atomic E-state index is 15.0. The van der Waals surface area contributed by atoms with E-state index in [0.29, 0.717) is 43.2 Å². The Morgan fingerprint density at radius 3 is 2.49 bits per heavy atom. The van der Waals surface area contributed by atoms with Crippen molar-refractivity contribution in [2.75, 3.05) is 46.7 Å². The summed E-state index contributed by atoms with van der Waals surface area (Å²) in [5.41, 5.74) is 4.28. The summed E-state index contributed by atoms with van der Waals surface area (Å²) in [4.78, 5) is 35.2.